The molecule has 2 rings (SSSR count). The van der Waals surface area contributed by atoms with Crippen molar-refractivity contribution in [3.63, 3.8) is 0 Å². The standard InChI is InChI=1S/C15H17N5O3/c1-11-16-17-18-20(11)13(9-12-7-5-4-6-8-12)15(22)23-10-14(21)19(2)3/h4-9H,10H2,1-3H3/b13-9-. The number of carbonyl (C=O) groups is 2. The highest BCUT2D eigenvalue weighted by Gasteiger charge is 2.19. The Bertz CT molecular complexity index is 722. The van der Waals surface area contributed by atoms with Crippen LogP contribution in [0.15, 0.2) is 30.3 Å². The minimum absolute atomic E-state index is 0.130. The predicted molar refractivity (Wildman–Crippen MR) is 82.8 cm³/mol. The van der Waals surface area contributed by atoms with E-state index >= 15 is 0 Å². The van der Waals surface area contributed by atoms with E-state index in [1.807, 2.05) is 30.3 Å². The Balaban J connectivity index is 2.28. The Labute approximate surface area is 133 Å². The number of benzene rings is 1. The van der Waals surface area contributed by atoms with Crippen LogP contribution in [0, 0.1) is 6.92 Å². The van der Waals surface area contributed by atoms with Gasteiger partial charge >= 0.3 is 5.97 Å². The molecule has 0 unspecified atom stereocenters. The van der Waals surface area contributed by atoms with E-state index in [1.165, 1.54) is 9.58 Å². The van der Waals surface area contributed by atoms with Crippen LogP contribution in [0.3, 0.4) is 0 Å². The summed E-state index contributed by atoms with van der Waals surface area (Å²) in [5.74, 6) is -0.562. The van der Waals surface area contributed by atoms with Crippen molar-refractivity contribution in [2.45, 2.75) is 6.92 Å². The van der Waals surface area contributed by atoms with Gasteiger partial charge in [-0.3, -0.25) is 4.79 Å². The van der Waals surface area contributed by atoms with E-state index in [9.17, 15) is 9.59 Å². The molecule has 8 nitrogen and oxygen atoms in total. The number of nitrogens with zero attached hydrogens (tertiary/aromatic N) is 5. The summed E-state index contributed by atoms with van der Waals surface area (Å²) in [6.07, 6.45) is 1.60. The van der Waals surface area contributed by atoms with Crippen molar-refractivity contribution < 1.29 is 14.3 Å². The Morgan fingerprint density at radius 1 is 1.26 bits per heavy atom. The summed E-state index contributed by atoms with van der Waals surface area (Å²) in [7, 11) is 3.17. The first-order valence-electron chi connectivity index (χ1n) is 6.88. The summed E-state index contributed by atoms with van der Waals surface area (Å²) in [5.41, 5.74) is 0.915. The highest BCUT2D eigenvalue weighted by molar-refractivity contribution is 6.15. The van der Waals surface area contributed by atoms with Crippen LogP contribution >= 0.6 is 0 Å². The fourth-order valence-electron chi connectivity index (χ4n) is 1.70. The van der Waals surface area contributed by atoms with E-state index in [-0.39, 0.29) is 18.2 Å². The molecule has 120 valence electrons. The van der Waals surface area contributed by atoms with Gasteiger partial charge in [-0.2, -0.15) is 4.68 Å². The monoisotopic (exact) mass is 315 g/mol. The molecule has 0 atom stereocenters. The van der Waals surface area contributed by atoms with E-state index in [4.69, 9.17) is 4.74 Å². The summed E-state index contributed by atoms with van der Waals surface area (Å²) in [6.45, 7) is 1.32. The lowest BCUT2D eigenvalue weighted by molar-refractivity contribution is -0.146. The summed E-state index contributed by atoms with van der Waals surface area (Å²) >= 11 is 0. The maximum Gasteiger partial charge on any atom is 0.357 e. The second-order valence-electron chi connectivity index (χ2n) is 4.94. The molecule has 0 spiro atoms. The zero-order chi connectivity index (χ0) is 16.8. The highest BCUT2D eigenvalue weighted by Crippen LogP contribution is 2.13. The zero-order valence-corrected chi connectivity index (χ0v) is 13.1. The molecule has 0 N–H and O–H groups in total. The molecule has 0 radical (unpaired) electrons. The maximum atomic E-state index is 12.3. The fraction of sp³-hybridized carbons (Fsp3) is 0.267. The van der Waals surface area contributed by atoms with Gasteiger partial charge in [-0.05, 0) is 29.0 Å². The molecule has 0 bridgehead atoms. The van der Waals surface area contributed by atoms with Crippen LogP contribution in [-0.2, 0) is 14.3 Å². The van der Waals surface area contributed by atoms with Gasteiger partial charge in [-0.1, -0.05) is 30.3 Å². The molecule has 0 aliphatic rings. The number of esters is 1. The molecule has 1 heterocycles. The van der Waals surface area contributed by atoms with Gasteiger partial charge in [-0.25, -0.2) is 4.79 Å². The largest absolute Gasteiger partial charge is 0.451 e. The van der Waals surface area contributed by atoms with E-state index in [2.05, 4.69) is 15.5 Å². The van der Waals surface area contributed by atoms with Gasteiger partial charge in [0, 0.05) is 14.1 Å². The van der Waals surface area contributed by atoms with E-state index in [0.717, 1.165) is 5.56 Å². The van der Waals surface area contributed by atoms with Crippen molar-refractivity contribution >= 4 is 23.6 Å². The van der Waals surface area contributed by atoms with Crippen LogP contribution in [0.5, 0.6) is 0 Å². The molecule has 1 aromatic carbocycles. The number of aryl methyl sites for hydroxylation is 1. The summed E-state index contributed by atoms with van der Waals surface area (Å²) in [4.78, 5) is 25.3. The number of tetrazole rings is 1. The number of rotatable bonds is 5. The lowest BCUT2D eigenvalue weighted by Crippen LogP contribution is -2.28. The Kier molecular flexibility index (Phi) is 5.19. The maximum absolute atomic E-state index is 12.3. The van der Waals surface area contributed by atoms with Crippen molar-refractivity contribution in [3.05, 3.63) is 41.7 Å². The van der Waals surface area contributed by atoms with Gasteiger partial charge in [0.1, 0.15) is 0 Å². The Morgan fingerprint density at radius 3 is 2.52 bits per heavy atom. The predicted octanol–water partition coefficient (Wildman–Crippen LogP) is 0.611. The molecule has 2 aromatic rings. The van der Waals surface area contributed by atoms with Crippen molar-refractivity contribution in [1.29, 1.82) is 0 Å². The summed E-state index contributed by atoms with van der Waals surface area (Å²) < 4.78 is 6.34. The van der Waals surface area contributed by atoms with Crippen LogP contribution in [0.4, 0.5) is 0 Å². The SMILES string of the molecule is Cc1nnnn1/C(=C\c1ccccc1)C(=O)OCC(=O)N(C)C. The van der Waals surface area contributed by atoms with Crippen LogP contribution < -0.4 is 0 Å². The lowest BCUT2D eigenvalue weighted by Gasteiger charge is -2.12. The molecule has 0 aliphatic carbocycles. The third kappa shape index (κ3) is 4.22. The van der Waals surface area contributed by atoms with E-state index in [1.54, 1.807) is 27.1 Å². The smallest absolute Gasteiger partial charge is 0.357 e. The van der Waals surface area contributed by atoms with Gasteiger partial charge in [-0.15, -0.1) is 5.10 Å². The molecule has 8 heteroatoms. The van der Waals surface area contributed by atoms with Gasteiger partial charge in [0.05, 0.1) is 0 Å². The summed E-state index contributed by atoms with van der Waals surface area (Å²) in [6, 6.07) is 9.22. The third-order valence-corrected chi connectivity index (χ3v) is 2.99. The van der Waals surface area contributed by atoms with Crippen molar-refractivity contribution in [2.75, 3.05) is 20.7 Å². The Morgan fingerprint density at radius 2 is 1.96 bits per heavy atom. The Hall–Kier alpha value is -3.03. The van der Waals surface area contributed by atoms with Crippen molar-refractivity contribution in [2.24, 2.45) is 0 Å². The van der Waals surface area contributed by atoms with Crippen LogP contribution in [0.25, 0.3) is 11.8 Å². The average molecular weight is 315 g/mol. The number of amides is 1. The highest BCUT2D eigenvalue weighted by atomic mass is 16.5. The fourth-order valence-corrected chi connectivity index (χ4v) is 1.70. The molecular weight excluding hydrogens is 298 g/mol. The van der Waals surface area contributed by atoms with Gasteiger partial charge in [0.2, 0.25) is 0 Å². The number of likely N-dealkylation sites (N-methyl/N-ethyl adjacent to an activating group) is 1. The average Bonchev–Trinajstić information content (AvgIpc) is 2.96. The number of hydrogen-bond acceptors (Lipinski definition) is 6. The quantitative estimate of drug-likeness (QED) is 0.593. The second-order valence-corrected chi connectivity index (χ2v) is 4.94. The van der Waals surface area contributed by atoms with E-state index in [0.29, 0.717) is 5.82 Å². The van der Waals surface area contributed by atoms with Gasteiger partial charge in [0.15, 0.2) is 18.1 Å². The number of ether oxygens (including phenoxy) is 1. The molecule has 0 fully saturated rings. The van der Waals surface area contributed by atoms with Gasteiger partial charge in [0.25, 0.3) is 5.91 Å². The van der Waals surface area contributed by atoms with Crippen molar-refractivity contribution in [1.82, 2.24) is 25.1 Å². The minimum atomic E-state index is -0.681. The zero-order valence-electron chi connectivity index (χ0n) is 13.1. The van der Waals surface area contributed by atoms with Crippen LogP contribution in [0.1, 0.15) is 11.4 Å². The number of carbonyl (C=O) groups excluding carboxylic acids is 2. The molecule has 0 saturated carbocycles. The van der Waals surface area contributed by atoms with E-state index < -0.39 is 5.97 Å². The first-order valence-corrected chi connectivity index (χ1v) is 6.88. The number of aromatic nitrogens is 4. The van der Waals surface area contributed by atoms with Gasteiger partial charge < -0.3 is 9.64 Å². The topological polar surface area (TPSA) is 90.2 Å². The minimum Gasteiger partial charge on any atom is -0.451 e. The normalized spacial score (nSPS) is 11.2. The third-order valence-electron chi connectivity index (χ3n) is 2.99. The molecule has 1 aromatic heterocycles. The molecule has 1 amide bonds. The first-order chi connectivity index (χ1) is 11.0. The van der Waals surface area contributed by atoms with Crippen LogP contribution in [0.2, 0.25) is 0 Å². The lowest BCUT2D eigenvalue weighted by atomic mass is 10.2. The summed E-state index contributed by atoms with van der Waals surface area (Å²) in [5, 5.41) is 11.1. The second kappa shape index (κ2) is 7.30. The molecule has 0 saturated heterocycles. The molecule has 23 heavy (non-hydrogen) atoms. The van der Waals surface area contributed by atoms with Crippen molar-refractivity contribution in [3.8, 4) is 0 Å². The number of hydrogen-bond donors (Lipinski definition) is 0. The van der Waals surface area contributed by atoms with Crippen LogP contribution in [-0.4, -0.2) is 57.7 Å². The molecular formula is C15H17N5O3. The first kappa shape index (κ1) is 16.3. The molecule has 0 aliphatic heterocycles.